The van der Waals surface area contributed by atoms with Crippen molar-refractivity contribution in [1.29, 1.82) is 0 Å². The normalized spacial score (nSPS) is 10.1. The fourth-order valence-electron chi connectivity index (χ4n) is 1.11. The van der Waals surface area contributed by atoms with E-state index in [1.165, 1.54) is 18.2 Å². The van der Waals surface area contributed by atoms with Crippen LogP contribution in [0.25, 0.3) is 0 Å². The minimum atomic E-state index is -0.332. The number of nitrogen functional groups attached to an aromatic ring is 1. The molecule has 4 nitrogen and oxygen atoms in total. The van der Waals surface area contributed by atoms with E-state index in [0.29, 0.717) is 17.2 Å². The number of H-pyrrole nitrogens is 1. The van der Waals surface area contributed by atoms with Gasteiger partial charge in [0, 0.05) is 6.07 Å². The molecular formula is C9H9FN4. The summed E-state index contributed by atoms with van der Waals surface area (Å²) in [4.78, 5) is 0. The first-order chi connectivity index (χ1) is 6.75. The predicted octanol–water partition coefficient (Wildman–Crippen LogP) is 1.87. The molecule has 4 N–H and O–H groups in total. The van der Waals surface area contributed by atoms with E-state index in [1.807, 2.05) is 0 Å². The molecule has 0 unspecified atom stereocenters. The number of nitrogens with zero attached hydrogens (tertiary/aromatic N) is 1. The van der Waals surface area contributed by atoms with Crippen LogP contribution in [0.15, 0.2) is 30.5 Å². The van der Waals surface area contributed by atoms with E-state index < -0.39 is 0 Å². The number of nitrogens with one attached hydrogen (secondary N) is 2. The molecule has 1 aromatic carbocycles. The molecule has 5 heteroatoms. The zero-order chi connectivity index (χ0) is 9.97. The molecule has 0 aliphatic carbocycles. The molecule has 1 heterocycles. The molecule has 72 valence electrons. The van der Waals surface area contributed by atoms with Crippen LogP contribution in [0.3, 0.4) is 0 Å². The fourth-order valence-corrected chi connectivity index (χ4v) is 1.11. The highest BCUT2D eigenvalue weighted by Crippen LogP contribution is 2.22. The molecule has 0 spiro atoms. The summed E-state index contributed by atoms with van der Waals surface area (Å²) in [7, 11) is 0. The average molecular weight is 192 g/mol. The van der Waals surface area contributed by atoms with Crippen molar-refractivity contribution in [3.05, 3.63) is 36.3 Å². The summed E-state index contributed by atoms with van der Waals surface area (Å²) in [6, 6.07) is 5.88. The maximum Gasteiger partial charge on any atom is 0.125 e. The molecule has 0 saturated heterocycles. The molecule has 0 saturated carbocycles. The highest BCUT2D eigenvalue weighted by molar-refractivity contribution is 5.70. The third-order valence-electron chi connectivity index (χ3n) is 1.79. The SMILES string of the molecule is Nc1ccc(F)cc1Nc1ccn[nH]1. The summed E-state index contributed by atoms with van der Waals surface area (Å²) in [5.41, 5.74) is 6.65. The minimum Gasteiger partial charge on any atom is -0.397 e. The maximum atomic E-state index is 12.9. The molecule has 0 atom stereocenters. The second kappa shape index (κ2) is 3.37. The first-order valence-electron chi connectivity index (χ1n) is 4.07. The molecule has 0 aliphatic heterocycles. The average Bonchev–Trinajstić information content (AvgIpc) is 2.64. The summed E-state index contributed by atoms with van der Waals surface area (Å²) in [5.74, 6) is 0.337. The molecule has 0 aliphatic rings. The smallest absolute Gasteiger partial charge is 0.125 e. The predicted molar refractivity (Wildman–Crippen MR) is 52.7 cm³/mol. The largest absolute Gasteiger partial charge is 0.397 e. The monoisotopic (exact) mass is 192 g/mol. The van der Waals surface area contributed by atoms with Gasteiger partial charge in [0.1, 0.15) is 11.6 Å². The van der Waals surface area contributed by atoms with Crippen LogP contribution < -0.4 is 11.1 Å². The Morgan fingerprint density at radius 3 is 2.93 bits per heavy atom. The first-order valence-corrected chi connectivity index (χ1v) is 4.07. The number of anilines is 3. The van der Waals surface area contributed by atoms with E-state index in [1.54, 1.807) is 12.3 Å². The number of hydrogen-bond donors (Lipinski definition) is 3. The Hall–Kier alpha value is -2.04. The van der Waals surface area contributed by atoms with Gasteiger partial charge in [0.2, 0.25) is 0 Å². The van der Waals surface area contributed by atoms with Gasteiger partial charge >= 0.3 is 0 Å². The van der Waals surface area contributed by atoms with Crippen LogP contribution in [-0.4, -0.2) is 10.2 Å². The number of benzene rings is 1. The number of hydrogen-bond acceptors (Lipinski definition) is 3. The summed E-state index contributed by atoms with van der Waals surface area (Å²) < 4.78 is 12.9. The lowest BCUT2D eigenvalue weighted by molar-refractivity contribution is 0.628. The highest BCUT2D eigenvalue weighted by Gasteiger charge is 2.01. The van der Waals surface area contributed by atoms with Gasteiger partial charge in [-0.2, -0.15) is 5.10 Å². The van der Waals surface area contributed by atoms with Crippen LogP contribution in [0.1, 0.15) is 0 Å². The van der Waals surface area contributed by atoms with E-state index in [9.17, 15) is 4.39 Å². The van der Waals surface area contributed by atoms with Crippen LogP contribution in [0.2, 0.25) is 0 Å². The van der Waals surface area contributed by atoms with Crippen molar-refractivity contribution < 1.29 is 4.39 Å². The summed E-state index contributed by atoms with van der Waals surface area (Å²) in [6.45, 7) is 0. The van der Waals surface area contributed by atoms with E-state index >= 15 is 0 Å². The second-order valence-electron chi connectivity index (χ2n) is 2.83. The van der Waals surface area contributed by atoms with E-state index in [2.05, 4.69) is 15.5 Å². The van der Waals surface area contributed by atoms with Gasteiger partial charge < -0.3 is 11.1 Å². The fraction of sp³-hybridized carbons (Fsp3) is 0. The molecule has 1 aromatic heterocycles. The van der Waals surface area contributed by atoms with Gasteiger partial charge in [-0.15, -0.1) is 0 Å². The number of nitrogens with two attached hydrogens (primary N) is 1. The number of aromatic amines is 1. The quantitative estimate of drug-likeness (QED) is 0.636. The van der Waals surface area contributed by atoms with Gasteiger partial charge in [0.15, 0.2) is 0 Å². The Labute approximate surface area is 79.9 Å². The third kappa shape index (κ3) is 1.66. The highest BCUT2D eigenvalue weighted by atomic mass is 19.1. The van der Waals surface area contributed by atoms with Crippen LogP contribution in [-0.2, 0) is 0 Å². The number of aromatic nitrogens is 2. The molecule has 0 radical (unpaired) electrons. The minimum absolute atomic E-state index is 0.332. The van der Waals surface area contributed by atoms with Gasteiger partial charge in [-0.05, 0) is 18.2 Å². The third-order valence-corrected chi connectivity index (χ3v) is 1.79. The Kier molecular flexibility index (Phi) is 2.06. The molecule has 2 rings (SSSR count). The van der Waals surface area contributed by atoms with E-state index in [0.717, 1.165) is 0 Å². The maximum absolute atomic E-state index is 12.9. The van der Waals surface area contributed by atoms with Crippen LogP contribution in [0, 0.1) is 5.82 Å². The van der Waals surface area contributed by atoms with Gasteiger partial charge in [-0.25, -0.2) is 4.39 Å². The first kappa shape index (κ1) is 8.55. The van der Waals surface area contributed by atoms with Crippen molar-refractivity contribution in [2.24, 2.45) is 0 Å². The van der Waals surface area contributed by atoms with E-state index in [-0.39, 0.29) is 5.82 Å². The van der Waals surface area contributed by atoms with Crippen LogP contribution in [0.4, 0.5) is 21.6 Å². The number of rotatable bonds is 2. The van der Waals surface area contributed by atoms with Crippen molar-refractivity contribution in [1.82, 2.24) is 10.2 Å². The molecule has 14 heavy (non-hydrogen) atoms. The summed E-state index contributed by atoms with van der Waals surface area (Å²) in [6.07, 6.45) is 1.60. The van der Waals surface area contributed by atoms with E-state index in [4.69, 9.17) is 5.73 Å². The molecular weight excluding hydrogens is 183 g/mol. The molecule has 0 amide bonds. The zero-order valence-electron chi connectivity index (χ0n) is 7.29. The topological polar surface area (TPSA) is 66.7 Å². The van der Waals surface area contributed by atoms with Gasteiger partial charge in [0.25, 0.3) is 0 Å². The molecule has 2 aromatic rings. The standard InChI is InChI=1S/C9H9FN4/c10-6-1-2-7(11)8(5-6)13-9-3-4-12-14-9/h1-5H,11H2,(H2,12,13,14). The van der Waals surface area contributed by atoms with Gasteiger partial charge in [-0.3, -0.25) is 5.10 Å². The molecule has 0 fully saturated rings. The van der Waals surface area contributed by atoms with Gasteiger partial charge in [0.05, 0.1) is 17.6 Å². The lowest BCUT2D eigenvalue weighted by Crippen LogP contribution is -1.97. The lowest BCUT2D eigenvalue weighted by Gasteiger charge is -2.06. The number of halogens is 1. The lowest BCUT2D eigenvalue weighted by atomic mass is 10.2. The van der Waals surface area contributed by atoms with Crippen molar-refractivity contribution in [3.63, 3.8) is 0 Å². The second-order valence-corrected chi connectivity index (χ2v) is 2.83. The Bertz CT molecular complexity index is 424. The summed E-state index contributed by atoms with van der Waals surface area (Å²) in [5, 5.41) is 9.35. The van der Waals surface area contributed by atoms with Crippen LogP contribution in [0.5, 0.6) is 0 Å². The van der Waals surface area contributed by atoms with Crippen molar-refractivity contribution >= 4 is 17.2 Å². The van der Waals surface area contributed by atoms with Crippen molar-refractivity contribution in [2.45, 2.75) is 0 Å². The van der Waals surface area contributed by atoms with Crippen molar-refractivity contribution in [2.75, 3.05) is 11.1 Å². The zero-order valence-corrected chi connectivity index (χ0v) is 7.29. The van der Waals surface area contributed by atoms with Crippen molar-refractivity contribution in [3.8, 4) is 0 Å². The Balaban J connectivity index is 2.28. The summed E-state index contributed by atoms with van der Waals surface area (Å²) >= 11 is 0. The van der Waals surface area contributed by atoms with Gasteiger partial charge in [-0.1, -0.05) is 0 Å². The Morgan fingerprint density at radius 2 is 2.21 bits per heavy atom. The Morgan fingerprint density at radius 1 is 1.36 bits per heavy atom. The van der Waals surface area contributed by atoms with Crippen LogP contribution >= 0.6 is 0 Å². The molecule has 0 bridgehead atoms.